The Morgan fingerprint density at radius 3 is 2.75 bits per heavy atom. The molecule has 10 nitrogen and oxygen atoms in total. The number of imidazole rings is 1. The number of thioether (sulfide) groups is 1. The number of rotatable bonds is 9. The van der Waals surface area contributed by atoms with Crippen LogP contribution in [0.5, 0.6) is 0 Å². The third-order valence-electron chi connectivity index (χ3n) is 5.95. The van der Waals surface area contributed by atoms with Gasteiger partial charge in [0.05, 0.1) is 34.6 Å². The highest BCUT2D eigenvalue weighted by molar-refractivity contribution is 7.99. The number of aliphatic carboxylic acids is 1. The van der Waals surface area contributed by atoms with E-state index in [1.165, 1.54) is 16.2 Å². The third-order valence-corrected chi connectivity index (χ3v) is 8.42. The zero-order valence-corrected chi connectivity index (χ0v) is 19.3. The fourth-order valence-corrected chi connectivity index (χ4v) is 7.11. The van der Waals surface area contributed by atoms with Crippen molar-refractivity contribution in [1.82, 2.24) is 9.30 Å². The topological polar surface area (TPSA) is 158 Å². The quantitative estimate of drug-likeness (QED) is 0.171. The molecule has 2 aliphatic rings. The molecule has 12 heteroatoms. The number of β-lactam (4-membered cyclic amide) rings is 1. The van der Waals surface area contributed by atoms with Crippen LogP contribution in [0.15, 0.2) is 23.2 Å². The van der Waals surface area contributed by atoms with Crippen LogP contribution in [0.3, 0.4) is 0 Å². The molecular weight excluding hydrogens is 454 g/mol. The highest BCUT2D eigenvalue weighted by Gasteiger charge is 2.59. The summed E-state index contributed by atoms with van der Waals surface area (Å²) in [4.78, 5) is 38.9. The lowest BCUT2D eigenvalue weighted by Gasteiger charge is -2.47. The van der Waals surface area contributed by atoms with Crippen LogP contribution in [0.1, 0.15) is 25.1 Å². The first kappa shape index (κ1) is 22.8. The molecule has 2 amide bonds. The predicted octanol–water partition coefficient (Wildman–Crippen LogP) is -1.47. The van der Waals surface area contributed by atoms with Gasteiger partial charge in [-0.1, -0.05) is 30.0 Å². The molecule has 0 aromatic carbocycles. The molecule has 172 valence electrons. The van der Waals surface area contributed by atoms with Crippen molar-refractivity contribution >= 4 is 51.3 Å². The van der Waals surface area contributed by atoms with Crippen LogP contribution in [-0.2, 0) is 20.9 Å². The molecule has 0 bridgehead atoms. The molecule has 0 spiro atoms. The maximum atomic E-state index is 12.6. The number of aliphatic hydroxyl groups is 1. The van der Waals surface area contributed by atoms with Crippen LogP contribution in [-0.4, -0.2) is 56.6 Å². The van der Waals surface area contributed by atoms with E-state index in [0.29, 0.717) is 17.0 Å². The minimum atomic E-state index is -1.41. The van der Waals surface area contributed by atoms with Crippen molar-refractivity contribution in [1.29, 1.82) is 0 Å². The summed E-state index contributed by atoms with van der Waals surface area (Å²) in [6.45, 7) is 3.98. The number of amides is 2. The molecule has 0 radical (unpaired) electrons. The Labute approximate surface area is 192 Å². The lowest BCUT2D eigenvalue weighted by molar-refractivity contribution is -0.717. The molecule has 32 heavy (non-hydrogen) atoms. The summed E-state index contributed by atoms with van der Waals surface area (Å²) in [5.41, 5.74) is 11.4. The minimum Gasteiger partial charge on any atom is -0.543 e. The van der Waals surface area contributed by atoms with E-state index >= 15 is 0 Å². The second-order valence-corrected chi connectivity index (χ2v) is 10.2. The Balaban J connectivity index is 1.78. The van der Waals surface area contributed by atoms with Crippen molar-refractivity contribution in [3.63, 3.8) is 0 Å². The van der Waals surface area contributed by atoms with Gasteiger partial charge < -0.3 is 31.4 Å². The Morgan fingerprint density at radius 2 is 2.16 bits per heavy atom. The molecule has 0 aliphatic carbocycles. The number of fused-ring (bicyclic) bond motifs is 2. The number of carbonyl (C=O) groups excluding carboxylic acids is 3. The zero-order valence-electron chi connectivity index (χ0n) is 17.7. The van der Waals surface area contributed by atoms with Gasteiger partial charge in [-0.25, -0.2) is 4.57 Å². The van der Waals surface area contributed by atoms with E-state index in [2.05, 4.69) is 0 Å². The molecule has 4 atom stereocenters. The van der Waals surface area contributed by atoms with Crippen LogP contribution in [0, 0.1) is 11.8 Å². The molecule has 2 aliphatic heterocycles. The number of thiazole rings is 1. The lowest BCUT2D eigenvalue weighted by Crippen LogP contribution is -2.64. The van der Waals surface area contributed by atoms with E-state index in [1.807, 2.05) is 11.3 Å². The van der Waals surface area contributed by atoms with Crippen LogP contribution >= 0.6 is 23.1 Å². The van der Waals surface area contributed by atoms with E-state index in [1.54, 1.807) is 35.8 Å². The molecule has 1 saturated heterocycles. The second kappa shape index (κ2) is 8.50. The van der Waals surface area contributed by atoms with E-state index < -0.39 is 35.8 Å². The summed E-state index contributed by atoms with van der Waals surface area (Å²) in [7, 11) is 0. The highest BCUT2D eigenvalue weighted by atomic mass is 32.2. The van der Waals surface area contributed by atoms with E-state index in [-0.39, 0.29) is 18.2 Å². The van der Waals surface area contributed by atoms with Gasteiger partial charge in [0.15, 0.2) is 6.54 Å². The van der Waals surface area contributed by atoms with Gasteiger partial charge in [-0.3, -0.25) is 9.59 Å². The average Bonchev–Trinajstić information content (AvgIpc) is 3.30. The summed E-state index contributed by atoms with van der Waals surface area (Å²) in [5.74, 6) is -2.44. The summed E-state index contributed by atoms with van der Waals surface area (Å²) in [6, 6.07) is -0.412. The van der Waals surface area contributed by atoms with Gasteiger partial charge in [0.2, 0.25) is 15.8 Å². The van der Waals surface area contributed by atoms with Crippen molar-refractivity contribution in [3.05, 3.63) is 23.1 Å². The average molecular weight is 480 g/mol. The molecular formula is C20H25N5O5S2. The fraction of sp³-hybridized carbons (Fsp3) is 0.500. The van der Waals surface area contributed by atoms with Gasteiger partial charge in [0, 0.05) is 17.2 Å². The van der Waals surface area contributed by atoms with Crippen molar-refractivity contribution in [3.8, 4) is 0 Å². The molecule has 2 aromatic rings. The van der Waals surface area contributed by atoms with Gasteiger partial charge in [-0.15, -0.1) is 0 Å². The van der Waals surface area contributed by atoms with Crippen molar-refractivity contribution in [2.24, 2.45) is 23.3 Å². The van der Waals surface area contributed by atoms with E-state index in [4.69, 9.17) is 11.5 Å². The zero-order chi connectivity index (χ0) is 23.3. The number of nitrogens with zero attached hydrogens (tertiary/aromatic N) is 3. The maximum absolute atomic E-state index is 12.6. The number of aliphatic hydroxyl groups excluding tert-OH is 1. The van der Waals surface area contributed by atoms with Gasteiger partial charge in [0.25, 0.3) is 12.2 Å². The van der Waals surface area contributed by atoms with Crippen molar-refractivity contribution in [2.75, 3.05) is 12.3 Å². The standard InChI is InChI=1S/C20H25N5O5S2/c1-9-13(16(20(29)30)25-15(9)14(10(2)26)17(25)28)11-6-23-8-24(7-12(22)27)18(19(23)32-11)31-5-3-4-21/h6,8-10,14-15,26H,3-5,7,21H2,1-2H3,(H2-,22,27,29,30)/t9-,10+,14+,15+/m0/s1. The monoisotopic (exact) mass is 479 g/mol. The minimum absolute atomic E-state index is 0.0263. The van der Waals surface area contributed by atoms with E-state index in [9.17, 15) is 24.6 Å². The summed E-state index contributed by atoms with van der Waals surface area (Å²) < 4.78 is 3.61. The predicted molar refractivity (Wildman–Crippen MR) is 116 cm³/mol. The van der Waals surface area contributed by atoms with E-state index in [0.717, 1.165) is 22.0 Å². The first-order valence-corrected chi connectivity index (χ1v) is 12.1. The fourth-order valence-electron chi connectivity index (χ4n) is 4.62. The number of aromatic nitrogens is 2. The van der Waals surface area contributed by atoms with Gasteiger partial charge >= 0.3 is 0 Å². The maximum Gasteiger partial charge on any atom is 0.259 e. The molecule has 2 aromatic heterocycles. The van der Waals surface area contributed by atoms with Crippen LogP contribution in [0.4, 0.5) is 0 Å². The summed E-state index contributed by atoms with van der Waals surface area (Å²) >= 11 is 2.94. The number of carboxylic acids is 1. The first-order valence-electron chi connectivity index (χ1n) is 10.3. The number of hydrogen-bond acceptors (Lipinski definition) is 8. The van der Waals surface area contributed by atoms with Crippen LogP contribution in [0.25, 0.3) is 10.4 Å². The molecule has 4 rings (SSSR count). The Kier molecular flexibility index (Phi) is 6.05. The Bertz CT molecular complexity index is 1140. The van der Waals surface area contributed by atoms with Crippen molar-refractivity contribution < 1.29 is 29.2 Å². The van der Waals surface area contributed by atoms with Crippen molar-refractivity contribution in [2.45, 2.75) is 44.0 Å². The SMILES string of the molecule is C[C@@H](O)[C@H]1C(=O)N2C(C(=O)[O-])=C(c3cn4c[n+](CC(N)=O)c(SCCCN)c4s3)[C@H](C)[C@H]12. The van der Waals surface area contributed by atoms with Gasteiger partial charge in [-0.2, -0.15) is 4.40 Å². The highest BCUT2D eigenvalue weighted by Crippen LogP contribution is 2.51. The number of carboxylic acid groups (broad SMARTS) is 1. The normalized spacial score (nSPS) is 23.6. The summed E-state index contributed by atoms with van der Waals surface area (Å²) in [6.07, 6.45) is 3.48. The lowest BCUT2D eigenvalue weighted by atomic mass is 9.77. The molecule has 1 fully saturated rings. The number of carbonyl (C=O) groups is 3. The number of primary amides is 1. The molecule has 0 saturated carbocycles. The Hall–Kier alpha value is -2.41. The smallest absolute Gasteiger partial charge is 0.259 e. The number of nitrogens with two attached hydrogens (primary N) is 2. The molecule has 5 N–H and O–H groups in total. The first-order chi connectivity index (χ1) is 15.2. The van der Waals surface area contributed by atoms with Gasteiger partial charge in [0.1, 0.15) is 6.20 Å². The Morgan fingerprint density at radius 1 is 1.44 bits per heavy atom. The van der Waals surface area contributed by atoms with Gasteiger partial charge in [-0.05, 0) is 19.9 Å². The molecule has 4 heterocycles. The second-order valence-electron chi connectivity index (χ2n) is 8.12. The largest absolute Gasteiger partial charge is 0.543 e. The van der Waals surface area contributed by atoms with Crippen LogP contribution in [0.2, 0.25) is 0 Å². The number of hydrogen-bond donors (Lipinski definition) is 3. The molecule has 0 unspecified atom stereocenters. The summed E-state index contributed by atoms with van der Waals surface area (Å²) in [5, 5.41) is 22.9. The van der Waals surface area contributed by atoms with Crippen LogP contribution < -0.4 is 21.1 Å². The third kappa shape index (κ3) is 3.51.